The Morgan fingerprint density at radius 3 is 2.74 bits per heavy atom. The minimum Gasteiger partial charge on any atom is -0.347 e. The lowest BCUT2D eigenvalue weighted by Crippen LogP contribution is -2.62. The summed E-state index contributed by atoms with van der Waals surface area (Å²) < 4.78 is 0. The molecule has 23 heavy (non-hydrogen) atoms. The molecule has 5 rings (SSSR count). The van der Waals surface area contributed by atoms with Gasteiger partial charge in [-0.05, 0) is 57.8 Å². The largest absolute Gasteiger partial charge is 0.347 e. The maximum absolute atomic E-state index is 12.6. The van der Waals surface area contributed by atoms with Crippen molar-refractivity contribution in [1.82, 2.24) is 15.2 Å². The van der Waals surface area contributed by atoms with Crippen molar-refractivity contribution in [2.24, 2.45) is 5.92 Å². The first-order valence-corrected chi connectivity index (χ1v) is 9.82. The Labute approximate surface area is 144 Å². The van der Waals surface area contributed by atoms with Gasteiger partial charge >= 0.3 is 0 Å². The van der Waals surface area contributed by atoms with Gasteiger partial charge in [0, 0.05) is 23.2 Å². The van der Waals surface area contributed by atoms with Crippen molar-refractivity contribution in [2.45, 2.75) is 38.8 Å². The SMILES string of the molecule is Cc1cnc(-c2ccc(C(=O)NC3C4CCN(CC4)C3C)s2)s1. The molecular weight excluding hydrogens is 326 g/mol. The van der Waals surface area contributed by atoms with Gasteiger partial charge in [-0.2, -0.15) is 0 Å². The van der Waals surface area contributed by atoms with E-state index >= 15 is 0 Å². The summed E-state index contributed by atoms with van der Waals surface area (Å²) in [6, 6.07) is 4.68. The number of aromatic nitrogens is 1. The minimum atomic E-state index is 0.0696. The van der Waals surface area contributed by atoms with Crippen LogP contribution < -0.4 is 5.32 Å². The van der Waals surface area contributed by atoms with Crippen molar-refractivity contribution in [3.63, 3.8) is 0 Å². The molecule has 0 aliphatic carbocycles. The van der Waals surface area contributed by atoms with E-state index in [4.69, 9.17) is 0 Å². The molecule has 0 saturated carbocycles. The quantitative estimate of drug-likeness (QED) is 0.926. The summed E-state index contributed by atoms with van der Waals surface area (Å²) >= 11 is 3.21. The number of amides is 1. The molecule has 0 radical (unpaired) electrons. The molecule has 2 atom stereocenters. The Bertz CT molecular complexity index is 713. The van der Waals surface area contributed by atoms with Crippen LogP contribution in [0.5, 0.6) is 0 Å². The maximum Gasteiger partial charge on any atom is 0.261 e. The third-order valence-electron chi connectivity index (χ3n) is 5.14. The molecule has 122 valence electrons. The van der Waals surface area contributed by atoms with Crippen molar-refractivity contribution < 1.29 is 4.79 Å². The number of fused-ring (bicyclic) bond motifs is 3. The number of hydrogen-bond donors (Lipinski definition) is 1. The Hall–Kier alpha value is -1.24. The van der Waals surface area contributed by atoms with Crippen molar-refractivity contribution in [2.75, 3.05) is 13.1 Å². The van der Waals surface area contributed by atoms with Crippen LogP contribution in [0.15, 0.2) is 18.3 Å². The fourth-order valence-corrected chi connectivity index (χ4v) is 5.55. The van der Waals surface area contributed by atoms with Gasteiger partial charge in [-0.3, -0.25) is 9.69 Å². The highest BCUT2D eigenvalue weighted by atomic mass is 32.1. The van der Waals surface area contributed by atoms with Gasteiger partial charge in [0.1, 0.15) is 5.01 Å². The lowest BCUT2D eigenvalue weighted by molar-refractivity contribution is 0.0218. The number of nitrogens with one attached hydrogen (secondary N) is 1. The van der Waals surface area contributed by atoms with E-state index in [0.29, 0.717) is 12.0 Å². The maximum atomic E-state index is 12.6. The Balaban J connectivity index is 1.48. The molecule has 5 heterocycles. The monoisotopic (exact) mass is 347 g/mol. The van der Waals surface area contributed by atoms with Gasteiger partial charge in [-0.15, -0.1) is 22.7 Å². The number of thiophene rings is 1. The van der Waals surface area contributed by atoms with Crippen molar-refractivity contribution in [1.29, 1.82) is 0 Å². The molecule has 4 nitrogen and oxygen atoms in total. The molecule has 2 aromatic rings. The number of carbonyl (C=O) groups excluding carboxylic acids is 1. The highest BCUT2D eigenvalue weighted by molar-refractivity contribution is 7.22. The summed E-state index contributed by atoms with van der Waals surface area (Å²) in [7, 11) is 0. The van der Waals surface area contributed by atoms with Gasteiger partial charge in [0.2, 0.25) is 0 Å². The highest BCUT2D eigenvalue weighted by Crippen LogP contribution is 2.34. The molecule has 0 spiro atoms. The van der Waals surface area contributed by atoms with Gasteiger partial charge < -0.3 is 5.32 Å². The molecule has 3 fully saturated rings. The lowest BCUT2D eigenvalue weighted by atomic mass is 9.79. The number of thiazole rings is 1. The first-order chi connectivity index (χ1) is 11.1. The van der Waals surface area contributed by atoms with Crippen LogP contribution in [-0.4, -0.2) is 41.0 Å². The number of rotatable bonds is 3. The van der Waals surface area contributed by atoms with Crippen LogP contribution in [0.2, 0.25) is 0 Å². The van der Waals surface area contributed by atoms with Crippen molar-refractivity contribution in [3.8, 4) is 9.88 Å². The van der Waals surface area contributed by atoms with Crippen molar-refractivity contribution in [3.05, 3.63) is 28.1 Å². The van der Waals surface area contributed by atoms with Crippen LogP contribution in [0, 0.1) is 12.8 Å². The van der Waals surface area contributed by atoms with Crippen LogP contribution >= 0.6 is 22.7 Å². The topological polar surface area (TPSA) is 45.2 Å². The summed E-state index contributed by atoms with van der Waals surface area (Å²) in [6.07, 6.45) is 4.31. The summed E-state index contributed by atoms with van der Waals surface area (Å²) in [5.41, 5.74) is 0. The zero-order valence-electron chi connectivity index (χ0n) is 13.4. The predicted octanol–water partition coefficient (Wildman–Crippen LogP) is 3.39. The zero-order valence-corrected chi connectivity index (χ0v) is 15.0. The lowest BCUT2D eigenvalue weighted by Gasteiger charge is -2.49. The highest BCUT2D eigenvalue weighted by Gasteiger charge is 2.40. The Morgan fingerprint density at radius 1 is 1.30 bits per heavy atom. The van der Waals surface area contributed by atoms with Crippen molar-refractivity contribution >= 4 is 28.6 Å². The standard InChI is InChI=1S/C17H21N3OS2/c1-10-9-18-17(22-10)14-4-3-13(23-14)16(21)19-15-11(2)20-7-5-12(15)6-8-20/h3-4,9,11-12,15H,5-8H2,1-2H3,(H,19,21). The van der Waals surface area contributed by atoms with Gasteiger partial charge in [0.25, 0.3) is 5.91 Å². The molecule has 3 saturated heterocycles. The number of carbonyl (C=O) groups is 1. The first kappa shape index (κ1) is 15.3. The molecule has 1 amide bonds. The smallest absolute Gasteiger partial charge is 0.261 e. The van der Waals surface area contributed by atoms with Gasteiger partial charge in [-0.25, -0.2) is 4.98 Å². The number of hydrogen-bond acceptors (Lipinski definition) is 5. The van der Waals surface area contributed by atoms with Gasteiger partial charge in [-0.1, -0.05) is 0 Å². The van der Waals surface area contributed by atoms with E-state index in [-0.39, 0.29) is 11.9 Å². The summed E-state index contributed by atoms with van der Waals surface area (Å²) in [5, 5.41) is 4.30. The molecule has 2 unspecified atom stereocenters. The zero-order chi connectivity index (χ0) is 16.0. The molecule has 6 heteroatoms. The number of aryl methyl sites for hydroxylation is 1. The average molecular weight is 348 g/mol. The van der Waals surface area contributed by atoms with Crippen LogP contribution in [0.1, 0.15) is 34.3 Å². The van der Waals surface area contributed by atoms with Crippen LogP contribution in [0.4, 0.5) is 0 Å². The van der Waals surface area contributed by atoms with E-state index < -0.39 is 0 Å². The molecule has 2 aromatic heterocycles. The molecule has 1 N–H and O–H groups in total. The Kier molecular flexibility index (Phi) is 3.99. The fourth-order valence-electron chi connectivity index (χ4n) is 3.81. The third-order valence-corrected chi connectivity index (χ3v) is 7.30. The third kappa shape index (κ3) is 2.84. The second-order valence-corrected chi connectivity index (χ2v) is 8.87. The van der Waals surface area contributed by atoms with E-state index in [0.717, 1.165) is 14.8 Å². The van der Waals surface area contributed by atoms with Crippen LogP contribution in [0.25, 0.3) is 9.88 Å². The van der Waals surface area contributed by atoms with Crippen LogP contribution in [-0.2, 0) is 0 Å². The predicted molar refractivity (Wildman–Crippen MR) is 95.2 cm³/mol. The molecule has 2 bridgehead atoms. The summed E-state index contributed by atoms with van der Waals surface area (Å²) in [6.45, 7) is 6.67. The van der Waals surface area contributed by atoms with E-state index in [1.165, 1.54) is 42.1 Å². The van der Waals surface area contributed by atoms with E-state index in [1.54, 1.807) is 11.3 Å². The number of piperidine rings is 3. The van der Waals surface area contributed by atoms with E-state index in [2.05, 4.69) is 29.0 Å². The van der Waals surface area contributed by atoms with E-state index in [1.807, 2.05) is 18.3 Å². The second-order valence-electron chi connectivity index (χ2n) is 6.55. The normalized spacial score (nSPS) is 29.7. The molecule has 0 aromatic carbocycles. The summed E-state index contributed by atoms with van der Waals surface area (Å²) in [4.78, 5) is 22.6. The first-order valence-electron chi connectivity index (χ1n) is 8.19. The average Bonchev–Trinajstić information content (AvgIpc) is 3.20. The summed E-state index contributed by atoms with van der Waals surface area (Å²) in [5.74, 6) is 0.708. The molecule has 3 aliphatic rings. The fraction of sp³-hybridized carbons (Fsp3) is 0.529. The molecule has 3 aliphatic heterocycles. The minimum absolute atomic E-state index is 0.0696. The number of nitrogens with zero attached hydrogens (tertiary/aromatic N) is 2. The van der Waals surface area contributed by atoms with Gasteiger partial charge in [0.15, 0.2) is 0 Å². The molecular formula is C17H21N3OS2. The van der Waals surface area contributed by atoms with Crippen LogP contribution in [0.3, 0.4) is 0 Å². The second kappa shape index (κ2) is 6.00. The van der Waals surface area contributed by atoms with E-state index in [9.17, 15) is 4.79 Å². The Morgan fingerprint density at radius 2 is 2.09 bits per heavy atom. The van der Waals surface area contributed by atoms with Gasteiger partial charge in [0.05, 0.1) is 9.75 Å².